The molecule has 1 aromatic heterocycles. The first-order valence-electron chi connectivity index (χ1n) is 5.85. The van der Waals surface area contributed by atoms with Crippen molar-refractivity contribution in [1.29, 1.82) is 0 Å². The Morgan fingerprint density at radius 2 is 2.06 bits per heavy atom. The first-order chi connectivity index (χ1) is 8.79. The number of hydrogen-bond acceptors (Lipinski definition) is 3. The van der Waals surface area contributed by atoms with Crippen LogP contribution in [0.4, 0.5) is 5.82 Å². The minimum absolute atomic E-state index is 0.674. The van der Waals surface area contributed by atoms with Crippen LogP contribution in [0.3, 0.4) is 0 Å². The fourth-order valence-corrected chi connectivity index (χ4v) is 1.85. The van der Waals surface area contributed by atoms with Crippen LogP contribution in [0.15, 0.2) is 47.1 Å². The molecular formula is C14H15BrN2O. The van der Waals surface area contributed by atoms with Crippen LogP contribution in [0.25, 0.3) is 0 Å². The van der Waals surface area contributed by atoms with Crippen LogP contribution in [-0.2, 0) is 6.54 Å². The predicted molar refractivity (Wildman–Crippen MR) is 76.9 cm³/mol. The second kappa shape index (κ2) is 6.40. The Balaban J connectivity index is 2.03. The number of pyridine rings is 1. The van der Waals surface area contributed by atoms with Crippen LogP contribution < -0.4 is 10.1 Å². The standard InChI is InChI=1S/C14H15BrN2O/c1-2-18-13-6-4-3-5-11(13)9-16-14-8-7-12(15)10-17-14/h3-8,10H,2,9H2,1H3,(H,16,17). The molecule has 2 rings (SSSR count). The maximum Gasteiger partial charge on any atom is 0.126 e. The largest absolute Gasteiger partial charge is 0.494 e. The number of hydrogen-bond donors (Lipinski definition) is 1. The number of ether oxygens (including phenoxy) is 1. The van der Waals surface area contributed by atoms with Gasteiger partial charge >= 0.3 is 0 Å². The van der Waals surface area contributed by atoms with E-state index in [9.17, 15) is 0 Å². The topological polar surface area (TPSA) is 34.1 Å². The molecule has 0 spiro atoms. The van der Waals surface area contributed by atoms with E-state index in [1.54, 1.807) is 6.20 Å². The van der Waals surface area contributed by atoms with E-state index in [4.69, 9.17) is 4.74 Å². The summed E-state index contributed by atoms with van der Waals surface area (Å²) >= 11 is 3.36. The van der Waals surface area contributed by atoms with Gasteiger partial charge in [0.05, 0.1) is 6.61 Å². The van der Waals surface area contributed by atoms with E-state index < -0.39 is 0 Å². The molecule has 0 saturated heterocycles. The van der Waals surface area contributed by atoms with Gasteiger partial charge in [0.1, 0.15) is 11.6 Å². The Hall–Kier alpha value is -1.55. The number of rotatable bonds is 5. The zero-order chi connectivity index (χ0) is 12.8. The molecule has 3 nitrogen and oxygen atoms in total. The van der Waals surface area contributed by atoms with Gasteiger partial charge in [-0.1, -0.05) is 18.2 Å². The van der Waals surface area contributed by atoms with Crippen molar-refractivity contribution in [3.8, 4) is 5.75 Å². The van der Waals surface area contributed by atoms with Gasteiger partial charge in [-0.3, -0.25) is 0 Å². The highest BCUT2D eigenvalue weighted by molar-refractivity contribution is 9.10. The minimum atomic E-state index is 0.674. The average Bonchev–Trinajstić information content (AvgIpc) is 2.40. The van der Waals surface area contributed by atoms with Gasteiger partial charge in [-0.15, -0.1) is 0 Å². The molecule has 0 aliphatic heterocycles. The summed E-state index contributed by atoms with van der Waals surface area (Å²) in [5.74, 6) is 1.77. The van der Waals surface area contributed by atoms with Crippen LogP contribution >= 0.6 is 15.9 Å². The first-order valence-corrected chi connectivity index (χ1v) is 6.65. The number of benzene rings is 1. The Labute approximate surface area is 115 Å². The third-order valence-corrected chi connectivity index (χ3v) is 2.93. The van der Waals surface area contributed by atoms with Crippen molar-refractivity contribution < 1.29 is 4.74 Å². The van der Waals surface area contributed by atoms with Crippen molar-refractivity contribution in [1.82, 2.24) is 4.98 Å². The van der Waals surface area contributed by atoms with Crippen molar-refractivity contribution >= 4 is 21.7 Å². The van der Waals surface area contributed by atoms with Gasteiger partial charge in [0.15, 0.2) is 0 Å². The maximum absolute atomic E-state index is 5.58. The zero-order valence-electron chi connectivity index (χ0n) is 10.2. The second-order valence-electron chi connectivity index (χ2n) is 3.76. The lowest BCUT2D eigenvalue weighted by atomic mass is 10.2. The summed E-state index contributed by atoms with van der Waals surface area (Å²) in [6.07, 6.45) is 1.77. The molecule has 4 heteroatoms. The smallest absolute Gasteiger partial charge is 0.126 e. The summed E-state index contributed by atoms with van der Waals surface area (Å²) in [5, 5.41) is 3.28. The zero-order valence-corrected chi connectivity index (χ0v) is 11.8. The van der Waals surface area contributed by atoms with Gasteiger partial charge in [-0.2, -0.15) is 0 Å². The molecule has 0 fully saturated rings. The number of nitrogens with one attached hydrogen (secondary N) is 1. The van der Waals surface area contributed by atoms with Gasteiger partial charge in [0.2, 0.25) is 0 Å². The highest BCUT2D eigenvalue weighted by Gasteiger charge is 2.02. The van der Waals surface area contributed by atoms with E-state index in [0.717, 1.165) is 21.6 Å². The lowest BCUT2D eigenvalue weighted by Crippen LogP contribution is -2.04. The van der Waals surface area contributed by atoms with E-state index in [-0.39, 0.29) is 0 Å². The van der Waals surface area contributed by atoms with Crippen LogP contribution in [0.1, 0.15) is 12.5 Å². The number of para-hydroxylation sites is 1. The molecule has 0 saturated carbocycles. The number of nitrogens with zero attached hydrogens (tertiary/aromatic N) is 1. The molecule has 18 heavy (non-hydrogen) atoms. The molecule has 0 radical (unpaired) electrons. The van der Waals surface area contributed by atoms with Crippen molar-refractivity contribution in [2.75, 3.05) is 11.9 Å². The monoisotopic (exact) mass is 306 g/mol. The fourth-order valence-electron chi connectivity index (χ4n) is 1.61. The molecule has 0 amide bonds. The van der Waals surface area contributed by atoms with Gasteiger partial charge in [-0.25, -0.2) is 4.98 Å². The summed E-state index contributed by atoms with van der Waals surface area (Å²) in [5.41, 5.74) is 1.13. The molecule has 0 bridgehead atoms. The Morgan fingerprint density at radius 1 is 1.22 bits per heavy atom. The summed E-state index contributed by atoms with van der Waals surface area (Å²) < 4.78 is 6.55. The van der Waals surface area contributed by atoms with Crippen molar-refractivity contribution in [2.45, 2.75) is 13.5 Å². The van der Waals surface area contributed by atoms with Gasteiger partial charge in [-0.05, 0) is 41.1 Å². The third-order valence-electron chi connectivity index (χ3n) is 2.46. The van der Waals surface area contributed by atoms with Crippen molar-refractivity contribution in [2.24, 2.45) is 0 Å². The molecule has 0 aliphatic carbocycles. The Kier molecular flexibility index (Phi) is 4.59. The summed E-state index contributed by atoms with van der Waals surface area (Å²) in [6.45, 7) is 3.36. The number of anilines is 1. The summed E-state index contributed by atoms with van der Waals surface area (Å²) in [4.78, 5) is 4.27. The molecule has 1 N–H and O–H groups in total. The highest BCUT2D eigenvalue weighted by atomic mass is 79.9. The number of aromatic nitrogens is 1. The van der Waals surface area contributed by atoms with Crippen LogP contribution in [0.5, 0.6) is 5.75 Å². The van der Waals surface area contributed by atoms with E-state index in [0.29, 0.717) is 13.2 Å². The van der Waals surface area contributed by atoms with E-state index in [2.05, 4.69) is 32.3 Å². The molecule has 0 unspecified atom stereocenters. The van der Waals surface area contributed by atoms with Gasteiger partial charge in [0, 0.05) is 22.8 Å². The third kappa shape index (κ3) is 3.47. The van der Waals surface area contributed by atoms with Crippen LogP contribution in [-0.4, -0.2) is 11.6 Å². The molecule has 0 atom stereocenters. The normalized spacial score (nSPS) is 10.1. The number of halogens is 1. The minimum Gasteiger partial charge on any atom is -0.494 e. The van der Waals surface area contributed by atoms with E-state index in [1.165, 1.54) is 0 Å². The summed E-state index contributed by atoms with van der Waals surface area (Å²) in [7, 11) is 0. The van der Waals surface area contributed by atoms with E-state index >= 15 is 0 Å². The maximum atomic E-state index is 5.58. The summed E-state index contributed by atoms with van der Waals surface area (Å²) in [6, 6.07) is 11.9. The predicted octanol–water partition coefficient (Wildman–Crippen LogP) is 3.85. The Bertz CT molecular complexity index is 499. The molecule has 1 aromatic carbocycles. The SMILES string of the molecule is CCOc1ccccc1CNc1ccc(Br)cn1. The van der Waals surface area contributed by atoms with Crippen molar-refractivity contribution in [3.63, 3.8) is 0 Å². The van der Waals surface area contributed by atoms with Crippen LogP contribution in [0, 0.1) is 0 Å². The van der Waals surface area contributed by atoms with Crippen LogP contribution in [0.2, 0.25) is 0 Å². The quantitative estimate of drug-likeness (QED) is 0.911. The Morgan fingerprint density at radius 3 is 2.78 bits per heavy atom. The molecular weight excluding hydrogens is 292 g/mol. The second-order valence-corrected chi connectivity index (χ2v) is 4.67. The lowest BCUT2D eigenvalue weighted by molar-refractivity contribution is 0.337. The highest BCUT2D eigenvalue weighted by Crippen LogP contribution is 2.19. The first kappa shape index (κ1) is 12.9. The molecule has 1 heterocycles. The fraction of sp³-hybridized carbons (Fsp3) is 0.214. The van der Waals surface area contributed by atoms with E-state index in [1.807, 2.05) is 37.3 Å². The van der Waals surface area contributed by atoms with Gasteiger partial charge < -0.3 is 10.1 Å². The molecule has 2 aromatic rings. The van der Waals surface area contributed by atoms with Crippen molar-refractivity contribution in [3.05, 3.63) is 52.6 Å². The average molecular weight is 307 g/mol. The molecule has 0 aliphatic rings. The molecule has 94 valence electrons. The lowest BCUT2D eigenvalue weighted by Gasteiger charge is -2.11. The van der Waals surface area contributed by atoms with Gasteiger partial charge in [0.25, 0.3) is 0 Å².